The number of nitrogens with zero attached hydrogens (tertiary/aromatic N) is 2. The number of carbonyl (C=O) groups excluding carboxylic acids is 2. The van der Waals surface area contributed by atoms with Crippen LogP contribution in [-0.2, 0) is 9.57 Å². The lowest BCUT2D eigenvalue weighted by atomic mass is 10.1. The molecule has 0 aliphatic carbocycles. The van der Waals surface area contributed by atoms with Gasteiger partial charge >= 0.3 is 6.09 Å². The molecule has 1 aromatic carbocycles. The molecular weight excluding hydrogens is 460 g/mol. The quantitative estimate of drug-likeness (QED) is 0.358. The van der Waals surface area contributed by atoms with Gasteiger partial charge in [-0.3, -0.25) is 15.1 Å². The van der Waals surface area contributed by atoms with E-state index < -0.39 is 17.5 Å². The van der Waals surface area contributed by atoms with Gasteiger partial charge < -0.3 is 25.2 Å². The van der Waals surface area contributed by atoms with E-state index in [4.69, 9.17) is 9.57 Å². The molecule has 2 aliphatic heterocycles. The van der Waals surface area contributed by atoms with Crippen molar-refractivity contribution in [2.75, 3.05) is 51.2 Å². The third-order valence-electron chi connectivity index (χ3n) is 5.88. The van der Waals surface area contributed by atoms with Crippen LogP contribution in [0.15, 0.2) is 23.9 Å². The lowest BCUT2D eigenvalue weighted by Crippen LogP contribution is -2.43. The number of hydrogen-bond donors (Lipinski definition) is 3. The Balaban J connectivity index is 1.47. The van der Waals surface area contributed by atoms with Crippen LogP contribution in [0.25, 0.3) is 0 Å². The number of halogens is 2. The third-order valence-corrected chi connectivity index (χ3v) is 5.88. The molecule has 35 heavy (non-hydrogen) atoms. The summed E-state index contributed by atoms with van der Waals surface area (Å²) in [6.07, 6.45) is 3.34. The predicted molar refractivity (Wildman–Crippen MR) is 128 cm³/mol. The van der Waals surface area contributed by atoms with Crippen LogP contribution in [0.2, 0.25) is 0 Å². The molecule has 194 valence electrons. The monoisotopic (exact) mass is 495 g/mol. The Morgan fingerprint density at radius 1 is 1.11 bits per heavy atom. The molecule has 0 unspecified atom stereocenters. The predicted octanol–water partition coefficient (Wildman–Crippen LogP) is 2.54. The first-order valence-corrected chi connectivity index (χ1v) is 12.0. The summed E-state index contributed by atoms with van der Waals surface area (Å²) >= 11 is 0. The van der Waals surface area contributed by atoms with Crippen molar-refractivity contribution in [2.24, 2.45) is 0 Å². The number of carbonyl (C=O) groups is 2. The number of piperidine rings is 1. The Bertz CT molecular complexity index is 919. The molecule has 2 aliphatic rings. The second kappa shape index (κ2) is 12.7. The van der Waals surface area contributed by atoms with Gasteiger partial charge in [0.15, 0.2) is 0 Å². The van der Waals surface area contributed by atoms with Crippen LogP contribution < -0.4 is 21.0 Å². The molecule has 1 saturated heterocycles. The summed E-state index contributed by atoms with van der Waals surface area (Å²) in [5.41, 5.74) is 3.66. The fraction of sp³-hybridized carbons (Fsp3) is 0.583. The Hall–Kier alpha value is -2.92. The van der Waals surface area contributed by atoms with Crippen molar-refractivity contribution in [3.8, 4) is 0 Å². The first kappa shape index (κ1) is 26.7. The van der Waals surface area contributed by atoms with Crippen LogP contribution in [0.1, 0.15) is 43.5 Å². The van der Waals surface area contributed by atoms with Gasteiger partial charge in [-0.05, 0) is 45.9 Å². The number of ether oxygens (including phenoxy) is 1. The lowest BCUT2D eigenvalue weighted by molar-refractivity contribution is -0.0415. The summed E-state index contributed by atoms with van der Waals surface area (Å²) in [5.74, 6) is -2.05. The molecule has 11 heteroatoms. The van der Waals surface area contributed by atoms with Gasteiger partial charge in [-0.2, -0.15) is 0 Å². The molecule has 0 saturated carbocycles. The molecule has 2 amide bonds. The van der Waals surface area contributed by atoms with Crippen LogP contribution in [0.4, 0.5) is 19.3 Å². The highest BCUT2D eigenvalue weighted by Crippen LogP contribution is 2.26. The molecule has 3 N–H and O–H groups in total. The Kier molecular flexibility index (Phi) is 9.67. The van der Waals surface area contributed by atoms with Gasteiger partial charge in [0.2, 0.25) is 0 Å². The number of likely N-dealkylation sites (N-methyl/N-ethyl adjacent to an activating group) is 1. The van der Waals surface area contributed by atoms with Gasteiger partial charge in [0.25, 0.3) is 5.91 Å². The summed E-state index contributed by atoms with van der Waals surface area (Å²) < 4.78 is 34.5. The topological polar surface area (TPSA) is 95.2 Å². The van der Waals surface area contributed by atoms with E-state index in [1.165, 1.54) is 0 Å². The van der Waals surface area contributed by atoms with Crippen LogP contribution in [-0.4, -0.2) is 75.4 Å². The molecule has 2 heterocycles. The molecule has 1 aromatic rings. The van der Waals surface area contributed by atoms with Crippen LogP contribution in [0, 0.1) is 11.6 Å². The molecule has 3 rings (SSSR count). The highest BCUT2D eigenvalue weighted by molar-refractivity contribution is 5.95. The van der Waals surface area contributed by atoms with Gasteiger partial charge in [-0.25, -0.2) is 13.6 Å². The van der Waals surface area contributed by atoms with Crippen molar-refractivity contribution in [1.29, 1.82) is 0 Å². The minimum Gasteiger partial charge on any atom is -0.447 e. The molecule has 0 atom stereocenters. The summed E-state index contributed by atoms with van der Waals surface area (Å²) in [7, 11) is 1.73. The fourth-order valence-electron chi connectivity index (χ4n) is 3.92. The smallest absolute Gasteiger partial charge is 0.410 e. The van der Waals surface area contributed by atoms with E-state index in [-0.39, 0.29) is 29.6 Å². The maximum absolute atomic E-state index is 14.7. The zero-order chi connectivity index (χ0) is 25.4. The summed E-state index contributed by atoms with van der Waals surface area (Å²) in [5, 5.41) is 5.42. The number of hydroxylamine groups is 1. The molecule has 9 nitrogen and oxygen atoms in total. The highest BCUT2D eigenvalue weighted by Gasteiger charge is 2.26. The molecule has 0 spiro atoms. The van der Waals surface area contributed by atoms with Crippen molar-refractivity contribution in [3.05, 3.63) is 41.1 Å². The van der Waals surface area contributed by atoms with E-state index in [0.29, 0.717) is 58.5 Å². The Morgan fingerprint density at radius 3 is 2.49 bits per heavy atom. The minimum atomic E-state index is -0.761. The van der Waals surface area contributed by atoms with Crippen molar-refractivity contribution in [2.45, 2.75) is 45.3 Å². The van der Waals surface area contributed by atoms with Crippen molar-refractivity contribution in [1.82, 2.24) is 21.0 Å². The Morgan fingerprint density at radius 2 is 1.86 bits per heavy atom. The maximum Gasteiger partial charge on any atom is 0.410 e. The number of anilines is 1. The summed E-state index contributed by atoms with van der Waals surface area (Å²) in [6.45, 7) is 6.46. The fourth-order valence-corrected chi connectivity index (χ4v) is 3.92. The SMILES string of the molecule is CNCCNC(=O)c1cc(F)c(N2CC=C(NOC3CCN(C(=O)OC(C)C)CC3)CC2)cc1F. The van der Waals surface area contributed by atoms with E-state index in [1.54, 1.807) is 16.8 Å². The van der Waals surface area contributed by atoms with Gasteiger partial charge in [-0.1, -0.05) is 0 Å². The number of hydrogen-bond acceptors (Lipinski definition) is 7. The highest BCUT2D eigenvalue weighted by atomic mass is 19.1. The van der Waals surface area contributed by atoms with E-state index in [1.807, 2.05) is 19.9 Å². The second-order valence-corrected chi connectivity index (χ2v) is 8.91. The lowest BCUT2D eigenvalue weighted by Gasteiger charge is -2.33. The molecule has 0 aromatic heterocycles. The number of nitrogens with one attached hydrogen (secondary N) is 3. The van der Waals surface area contributed by atoms with E-state index in [0.717, 1.165) is 17.8 Å². The number of benzene rings is 1. The van der Waals surface area contributed by atoms with E-state index in [2.05, 4.69) is 16.1 Å². The van der Waals surface area contributed by atoms with Crippen molar-refractivity contribution >= 4 is 17.7 Å². The number of amides is 2. The van der Waals surface area contributed by atoms with Crippen LogP contribution in [0.5, 0.6) is 0 Å². The van der Waals surface area contributed by atoms with Crippen LogP contribution in [0.3, 0.4) is 0 Å². The largest absolute Gasteiger partial charge is 0.447 e. The second-order valence-electron chi connectivity index (χ2n) is 8.91. The van der Waals surface area contributed by atoms with E-state index in [9.17, 15) is 18.4 Å². The zero-order valence-corrected chi connectivity index (χ0v) is 20.5. The van der Waals surface area contributed by atoms with Crippen molar-refractivity contribution in [3.63, 3.8) is 0 Å². The number of rotatable bonds is 9. The summed E-state index contributed by atoms with van der Waals surface area (Å²) in [6, 6.07) is 2.02. The normalized spacial score (nSPS) is 16.8. The first-order valence-electron chi connectivity index (χ1n) is 12.0. The standard InChI is InChI=1S/C24H35F2N5O4/c1-16(2)34-24(33)31-12-6-18(7-13-31)35-29-17-4-10-30(11-5-17)22-15-20(25)19(14-21(22)26)23(32)28-9-8-27-3/h4,14-16,18,27,29H,5-13H2,1-3H3,(H,28,32). The molecule has 0 bridgehead atoms. The average molecular weight is 496 g/mol. The van der Waals surface area contributed by atoms with Crippen molar-refractivity contribution < 1.29 is 27.9 Å². The molecule has 0 radical (unpaired) electrons. The third kappa shape index (κ3) is 7.53. The first-order chi connectivity index (χ1) is 16.8. The Labute approximate surface area is 204 Å². The van der Waals surface area contributed by atoms with E-state index >= 15 is 0 Å². The molecule has 1 fully saturated rings. The maximum atomic E-state index is 14.7. The van der Waals surface area contributed by atoms with Gasteiger partial charge in [0.1, 0.15) is 11.6 Å². The number of likely N-dealkylation sites (tertiary alicyclic amines) is 1. The molecular formula is C24H35F2N5O4. The van der Waals surface area contributed by atoms with Gasteiger partial charge in [-0.15, -0.1) is 0 Å². The average Bonchev–Trinajstić information content (AvgIpc) is 2.84. The van der Waals surface area contributed by atoms with Gasteiger partial charge in [0, 0.05) is 57.5 Å². The zero-order valence-electron chi connectivity index (χ0n) is 20.5. The van der Waals surface area contributed by atoms with Crippen LogP contribution >= 0.6 is 0 Å². The summed E-state index contributed by atoms with van der Waals surface area (Å²) in [4.78, 5) is 33.3. The minimum absolute atomic E-state index is 0.0321. The van der Waals surface area contributed by atoms with Gasteiger partial charge in [0.05, 0.1) is 23.5 Å².